The number of likely N-dealkylation sites (tertiary alicyclic amines) is 1. The van der Waals surface area contributed by atoms with Crippen LogP contribution in [-0.4, -0.2) is 46.6 Å². The van der Waals surface area contributed by atoms with Gasteiger partial charge >= 0.3 is 0 Å². The summed E-state index contributed by atoms with van der Waals surface area (Å²) in [6.45, 7) is 3.82. The lowest BCUT2D eigenvalue weighted by atomic mass is 9.93. The van der Waals surface area contributed by atoms with Crippen LogP contribution in [0.3, 0.4) is 0 Å². The smallest absolute Gasteiger partial charge is 0.269 e. The van der Waals surface area contributed by atoms with Gasteiger partial charge in [-0.25, -0.2) is 0 Å². The Morgan fingerprint density at radius 1 is 1.32 bits per heavy atom. The number of hydrogen-bond acceptors (Lipinski definition) is 7. The molecule has 1 saturated heterocycles. The van der Waals surface area contributed by atoms with Crippen LogP contribution in [-0.2, 0) is 6.54 Å². The summed E-state index contributed by atoms with van der Waals surface area (Å²) in [5.74, 6) is 1.85. The summed E-state index contributed by atoms with van der Waals surface area (Å²) in [4.78, 5) is 17.0. The van der Waals surface area contributed by atoms with Crippen molar-refractivity contribution in [1.29, 1.82) is 0 Å². The Balaban J connectivity index is 1.54. The number of piperidine rings is 1. The van der Waals surface area contributed by atoms with Crippen molar-refractivity contribution in [2.75, 3.05) is 26.7 Å². The number of rotatable bonds is 7. The summed E-state index contributed by atoms with van der Waals surface area (Å²) in [5, 5.41) is 17.9. The Kier molecular flexibility index (Phi) is 5.72. The zero-order valence-corrected chi connectivity index (χ0v) is 14.4. The van der Waals surface area contributed by atoms with E-state index in [0.717, 1.165) is 25.6 Å². The van der Waals surface area contributed by atoms with Crippen LogP contribution in [0.15, 0.2) is 28.8 Å². The van der Waals surface area contributed by atoms with E-state index in [9.17, 15) is 10.1 Å². The van der Waals surface area contributed by atoms with Gasteiger partial charge in [0.1, 0.15) is 0 Å². The minimum atomic E-state index is -0.425. The molecule has 0 bridgehead atoms. The van der Waals surface area contributed by atoms with E-state index < -0.39 is 4.92 Å². The number of non-ortho nitro benzene ring substituents is 1. The lowest BCUT2D eigenvalue weighted by Gasteiger charge is -2.30. The van der Waals surface area contributed by atoms with Crippen molar-refractivity contribution in [3.8, 4) is 11.4 Å². The molecule has 0 atom stereocenters. The highest BCUT2D eigenvalue weighted by atomic mass is 16.6. The molecule has 1 aliphatic rings. The highest BCUT2D eigenvalue weighted by Gasteiger charge is 2.21. The molecule has 25 heavy (non-hydrogen) atoms. The van der Waals surface area contributed by atoms with E-state index in [1.807, 2.05) is 7.05 Å². The Labute approximate surface area is 146 Å². The number of nitro benzene ring substituents is 1. The maximum Gasteiger partial charge on any atom is 0.269 e. The Morgan fingerprint density at radius 3 is 2.68 bits per heavy atom. The van der Waals surface area contributed by atoms with Gasteiger partial charge in [0.15, 0.2) is 0 Å². The Morgan fingerprint density at radius 2 is 2.04 bits per heavy atom. The van der Waals surface area contributed by atoms with Crippen molar-refractivity contribution < 1.29 is 9.45 Å². The molecule has 1 N–H and O–H groups in total. The quantitative estimate of drug-likeness (QED) is 0.608. The van der Waals surface area contributed by atoms with Crippen molar-refractivity contribution in [3.05, 3.63) is 40.3 Å². The first-order valence-corrected chi connectivity index (χ1v) is 8.60. The predicted octanol–water partition coefficient (Wildman–Crippen LogP) is 2.47. The molecule has 1 fully saturated rings. The van der Waals surface area contributed by atoms with Gasteiger partial charge in [-0.15, -0.1) is 0 Å². The summed E-state index contributed by atoms with van der Waals surface area (Å²) in [6.07, 6.45) is 3.63. The second kappa shape index (κ2) is 8.17. The summed E-state index contributed by atoms with van der Waals surface area (Å²) < 4.78 is 5.34. The van der Waals surface area contributed by atoms with Gasteiger partial charge in [-0.3, -0.25) is 15.0 Å². The SMILES string of the molecule is CNCCC1CCN(Cc2nc(-c3ccc([N+](=O)[O-])cc3)no2)CC1. The minimum Gasteiger partial charge on any atom is -0.338 e. The topological polar surface area (TPSA) is 97.3 Å². The third kappa shape index (κ3) is 4.61. The van der Waals surface area contributed by atoms with Gasteiger partial charge in [0.25, 0.3) is 5.69 Å². The molecule has 0 saturated carbocycles. The monoisotopic (exact) mass is 345 g/mol. The zero-order chi connectivity index (χ0) is 17.6. The molecular weight excluding hydrogens is 322 g/mol. The highest BCUT2D eigenvalue weighted by Crippen LogP contribution is 2.23. The van der Waals surface area contributed by atoms with Crippen molar-refractivity contribution in [2.24, 2.45) is 5.92 Å². The van der Waals surface area contributed by atoms with E-state index in [-0.39, 0.29) is 5.69 Å². The molecule has 1 aromatic carbocycles. The van der Waals surface area contributed by atoms with E-state index >= 15 is 0 Å². The molecule has 8 heteroatoms. The van der Waals surface area contributed by atoms with Crippen molar-refractivity contribution in [3.63, 3.8) is 0 Å². The molecule has 0 amide bonds. The molecule has 0 spiro atoms. The van der Waals surface area contributed by atoms with Gasteiger partial charge in [0.2, 0.25) is 11.7 Å². The van der Waals surface area contributed by atoms with Gasteiger partial charge in [-0.05, 0) is 64.0 Å². The van der Waals surface area contributed by atoms with Crippen LogP contribution in [0, 0.1) is 16.0 Å². The van der Waals surface area contributed by atoms with Crippen LogP contribution in [0.2, 0.25) is 0 Å². The van der Waals surface area contributed by atoms with E-state index in [1.165, 1.54) is 31.4 Å². The van der Waals surface area contributed by atoms with E-state index in [0.29, 0.717) is 23.8 Å². The molecule has 134 valence electrons. The van der Waals surface area contributed by atoms with Gasteiger partial charge in [-0.2, -0.15) is 4.98 Å². The van der Waals surface area contributed by atoms with Gasteiger partial charge < -0.3 is 9.84 Å². The number of hydrogen-bond donors (Lipinski definition) is 1. The molecule has 0 radical (unpaired) electrons. The molecule has 0 unspecified atom stereocenters. The third-order valence-electron chi connectivity index (χ3n) is 4.67. The molecule has 3 rings (SSSR count). The maximum atomic E-state index is 10.7. The lowest BCUT2D eigenvalue weighted by molar-refractivity contribution is -0.384. The van der Waals surface area contributed by atoms with E-state index in [4.69, 9.17) is 4.52 Å². The van der Waals surface area contributed by atoms with Crippen LogP contribution in [0.25, 0.3) is 11.4 Å². The van der Waals surface area contributed by atoms with E-state index in [2.05, 4.69) is 20.4 Å². The number of benzene rings is 1. The van der Waals surface area contributed by atoms with E-state index in [1.54, 1.807) is 12.1 Å². The number of nitro groups is 1. The first-order chi connectivity index (χ1) is 12.2. The van der Waals surface area contributed by atoms with Crippen molar-refractivity contribution in [2.45, 2.75) is 25.8 Å². The second-order valence-electron chi connectivity index (χ2n) is 6.43. The first-order valence-electron chi connectivity index (χ1n) is 8.60. The summed E-state index contributed by atoms with van der Waals surface area (Å²) >= 11 is 0. The standard InChI is InChI=1S/C17H23N5O3/c1-18-9-6-13-7-10-21(11-8-13)12-16-19-17(20-25-16)14-2-4-15(5-3-14)22(23)24/h2-5,13,18H,6-12H2,1H3. The lowest BCUT2D eigenvalue weighted by Crippen LogP contribution is -2.34. The largest absolute Gasteiger partial charge is 0.338 e. The number of nitrogens with zero attached hydrogens (tertiary/aromatic N) is 4. The molecule has 2 heterocycles. The fourth-order valence-electron chi connectivity index (χ4n) is 3.14. The first kappa shape index (κ1) is 17.5. The summed E-state index contributed by atoms with van der Waals surface area (Å²) in [7, 11) is 1.99. The van der Waals surface area contributed by atoms with Gasteiger partial charge in [0.05, 0.1) is 11.5 Å². The summed E-state index contributed by atoms with van der Waals surface area (Å²) in [6, 6.07) is 6.17. The Bertz CT molecular complexity index is 693. The van der Waals surface area contributed by atoms with Crippen molar-refractivity contribution in [1.82, 2.24) is 20.4 Å². The van der Waals surface area contributed by atoms with Crippen LogP contribution in [0.4, 0.5) is 5.69 Å². The van der Waals surface area contributed by atoms with Gasteiger partial charge in [-0.1, -0.05) is 5.16 Å². The molecule has 8 nitrogen and oxygen atoms in total. The van der Waals surface area contributed by atoms with Crippen LogP contribution in [0.1, 0.15) is 25.2 Å². The second-order valence-corrected chi connectivity index (χ2v) is 6.43. The van der Waals surface area contributed by atoms with Crippen LogP contribution in [0.5, 0.6) is 0 Å². The molecule has 0 aliphatic carbocycles. The maximum absolute atomic E-state index is 10.7. The average molecular weight is 345 g/mol. The summed E-state index contributed by atoms with van der Waals surface area (Å²) in [5.41, 5.74) is 0.764. The van der Waals surface area contributed by atoms with Gasteiger partial charge in [0, 0.05) is 17.7 Å². The predicted molar refractivity (Wildman–Crippen MR) is 92.9 cm³/mol. The fraction of sp³-hybridized carbons (Fsp3) is 0.529. The normalized spacial score (nSPS) is 16.2. The fourth-order valence-corrected chi connectivity index (χ4v) is 3.14. The minimum absolute atomic E-state index is 0.0496. The molecular formula is C17H23N5O3. The average Bonchev–Trinajstić information content (AvgIpc) is 3.10. The van der Waals surface area contributed by atoms with Crippen LogP contribution < -0.4 is 5.32 Å². The molecule has 1 aliphatic heterocycles. The van der Waals surface area contributed by atoms with Crippen molar-refractivity contribution >= 4 is 5.69 Å². The molecule has 1 aromatic heterocycles. The highest BCUT2D eigenvalue weighted by molar-refractivity contribution is 5.56. The third-order valence-corrected chi connectivity index (χ3v) is 4.67. The number of nitrogens with one attached hydrogen (secondary N) is 1. The number of aromatic nitrogens is 2. The zero-order valence-electron chi connectivity index (χ0n) is 14.4. The molecule has 2 aromatic rings. The Hall–Kier alpha value is -2.32. The van der Waals surface area contributed by atoms with Crippen LogP contribution >= 0.6 is 0 Å².